The summed E-state index contributed by atoms with van der Waals surface area (Å²) in [6, 6.07) is 9.66. The Balaban J connectivity index is 0.00000280. The molecule has 3 rings (SSSR count). The molecule has 0 bridgehead atoms. The van der Waals surface area contributed by atoms with Gasteiger partial charge in [0.25, 0.3) is 0 Å². The number of aliphatic hydroxyl groups is 1. The summed E-state index contributed by atoms with van der Waals surface area (Å²) in [6.07, 6.45) is 4.58. The van der Waals surface area contributed by atoms with Crippen LogP contribution in [-0.2, 0) is 25.1 Å². The second kappa shape index (κ2) is 10.8. The lowest BCUT2D eigenvalue weighted by atomic mass is 9.96. The molecule has 0 saturated carbocycles. The number of rotatable bonds is 6. The number of aromatic nitrogens is 3. The van der Waals surface area contributed by atoms with E-state index in [0.29, 0.717) is 19.0 Å². The zero-order valence-corrected chi connectivity index (χ0v) is 19.0. The van der Waals surface area contributed by atoms with Crippen molar-refractivity contribution in [3.63, 3.8) is 0 Å². The molecule has 0 radical (unpaired) electrons. The number of benzene rings is 1. The number of nitrogens with zero attached hydrogens (tertiary/aromatic N) is 4. The fourth-order valence-electron chi connectivity index (χ4n) is 3.31. The van der Waals surface area contributed by atoms with Gasteiger partial charge in [-0.15, -0.1) is 34.2 Å². The lowest BCUT2D eigenvalue weighted by molar-refractivity contribution is 0.0617. The predicted octanol–water partition coefficient (Wildman–Crippen LogP) is 2.59. The molecule has 0 fully saturated rings. The highest BCUT2D eigenvalue weighted by Crippen LogP contribution is 2.19. The Hall–Kier alpha value is -1.68. The molecule has 0 spiro atoms. The van der Waals surface area contributed by atoms with E-state index in [-0.39, 0.29) is 24.0 Å². The molecular weight excluding hydrogens is 467 g/mol. The summed E-state index contributed by atoms with van der Waals surface area (Å²) in [5, 5.41) is 25.9. The third-order valence-corrected chi connectivity index (χ3v) is 4.90. The van der Waals surface area contributed by atoms with E-state index in [9.17, 15) is 5.11 Å². The van der Waals surface area contributed by atoms with Crippen LogP contribution in [0.5, 0.6) is 0 Å². The molecule has 154 valence electrons. The van der Waals surface area contributed by atoms with Crippen molar-refractivity contribution < 1.29 is 5.11 Å². The van der Waals surface area contributed by atoms with Gasteiger partial charge in [0.15, 0.2) is 11.8 Å². The summed E-state index contributed by atoms with van der Waals surface area (Å²) in [6.45, 7) is 6.38. The number of fused-ring (bicyclic) bond motifs is 1. The minimum absolute atomic E-state index is 0. The van der Waals surface area contributed by atoms with Crippen LogP contribution < -0.4 is 10.6 Å². The molecule has 1 unspecified atom stereocenters. The largest absolute Gasteiger partial charge is 0.384 e. The molecule has 2 heterocycles. The topological polar surface area (TPSA) is 87.4 Å². The fraction of sp³-hybridized carbons (Fsp3) is 0.550. The molecule has 1 aliphatic rings. The van der Waals surface area contributed by atoms with E-state index in [0.717, 1.165) is 36.7 Å². The van der Waals surface area contributed by atoms with Crippen molar-refractivity contribution in [2.75, 3.05) is 13.1 Å². The molecular formula is C20H31IN6O. The number of hydrogen-bond acceptors (Lipinski definition) is 4. The van der Waals surface area contributed by atoms with Crippen LogP contribution in [0.1, 0.15) is 50.3 Å². The van der Waals surface area contributed by atoms with Crippen molar-refractivity contribution in [1.82, 2.24) is 25.4 Å². The van der Waals surface area contributed by atoms with E-state index >= 15 is 0 Å². The molecule has 28 heavy (non-hydrogen) atoms. The van der Waals surface area contributed by atoms with Gasteiger partial charge in [0.05, 0.1) is 6.54 Å². The maximum Gasteiger partial charge on any atom is 0.191 e. The van der Waals surface area contributed by atoms with Crippen LogP contribution in [0.4, 0.5) is 0 Å². The summed E-state index contributed by atoms with van der Waals surface area (Å²) in [5.74, 6) is 2.64. The first-order chi connectivity index (χ1) is 13.1. The SMILES string of the molecule is CCNC(=NCc1nnc2n1CCCCC2)NCC(C)(O)c1ccccc1.I. The molecule has 0 saturated heterocycles. The van der Waals surface area contributed by atoms with Crippen molar-refractivity contribution >= 4 is 29.9 Å². The summed E-state index contributed by atoms with van der Waals surface area (Å²) >= 11 is 0. The first-order valence-corrected chi connectivity index (χ1v) is 9.81. The van der Waals surface area contributed by atoms with Gasteiger partial charge in [-0.3, -0.25) is 0 Å². The Kier molecular flexibility index (Phi) is 8.68. The van der Waals surface area contributed by atoms with Crippen LogP contribution in [0.3, 0.4) is 0 Å². The second-order valence-electron chi connectivity index (χ2n) is 7.18. The van der Waals surface area contributed by atoms with Crippen LogP contribution in [0.15, 0.2) is 35.3 Å². The van der Waals surface area contributed by atoms with Crippen molar-refractivity contribution in [2.24, 2.45) is 4.99 Å². The first-order valence-electron chi connectivity index (χ1n) is 9.81. The van der Waals surface area contributed by atoms with Gasteiger partial charge < -0.3 is 20.3 Å². The summed E-state index contributed by atoms with van der Waals surface area (Å²) in [4.78, 5) is 4.65. The van der Waals surface area contributed by atoms with Crippen LogP contribution >= 0.6 is 24.0 Å². The predicted molar refractivity (Wildman–Crippen MR) is 122 cm³/mol. The third-order valence-electron chi connectivity index (χ3n) is 4.90. The number of halogens is 1. The van der Waals surface area contributed by atoms with Gasteiger partial charge in [0.2, 0.25) is 0 Å². The Bertz CT molecular complexity index is 759. The highest BCUT2D eigenvalue weighted by Gasteiger charge is 2.23. The number of guanidine groups is 1. The average molecular weight is 498 g/mol. The molecule has 2 aromatic rings. The van der Waals surface area contributed by atoms with Crippen molar-refractivity contribution in [3.05, 3.63) is 47.5 Å². The Labute approximate surface area is 184 Å². The Morgan fingerprint density at radius 2 is 1.96 bits per heavy atom. The molecule has 1 aliphatic heterocycles. The highest BCUT2D eigenvalue weighted by atomic mass is 127. The maximum atomic E-state index is 10.8. The number of hydrogen-bond donors (Lipinski definition) is 3. The lowest BCUT2D eigenvalue weighted by Gasteiger charge is -2.25. The van der Waals surface area contributed by atoms with E-state index in [1.807, 2.05) is 37.3 Å². The molecule has 8 heteroatoms. The molecule has 1 aromatic carbocycles. The van der Waals surface area contributed by atoms with E-state index in [2.05, 4.69) is 30.4 Å². The first kappa shape index (κ1) is 22.6. The van der Waals surface area contributed by atoms with Gasteiger partial charge in [-0.1, -0.05) is 36.8 Å². The van der Waals surface area contributed by atoms with Gasteiger partial charge in [0.1, 0.15) is 18.0 Å². The maximum absolute atomic E-state index is 10.8. The number of aliphatic imine (C=N–C) groups is 1. The van der Waals surface area contributed by atoms with Crippen molar-refractivity contribution in [2.45, 2.75) is 58.2 Å². The molecule has 1 atom stereocenters. The van der Waals surface area contributed by atoms with Crippen molar-refractivity contribution in [1.29, 1.82) is 0 Å². The minimum Gasteiger partial charge on any atom is -0.384 e. The Morgan fingerprint density at radius 3 is 2.71 bits per heavy atom. The minimum atomic E-state index is -0.983. The van der Waals surface area contributed by atoms with Crippen molar-refractivity contribution in [3.8, 4) is 0 Å². The summed E-state index contributed by atoms with van der Waals surface area (Å²) in [5.41, 5.74) is -0.111. The van der Waals surface area contributed by atoms with Crippen LogP contribution in [0.25, 0.3) is 0 Å². The third kappa shape index (κ3) is 5.91. The second-order valence-corrected chi connectivity index (χ2v) is 7.18. The molecule has 7 nitrogen and oxygen atoms in total. The molecule has 0 amide bonds. The molecule has 0 aliphatic carbocycles. The lowest BCUT2D eigenvalue weighted by Crippen LogP contribution is -2.44. The van der Waals surface area contributed by atoms with Gasteiger partial charge in [-0.25, -0.2) is 4.99 Å². The number of nitrogens with one attached hydrogen (secondary N) is 2. The normalized spacial score (nSPS) is 16.3. The average Bonchev–Trinajstić information content (AvgIpc) is 2.91. The van der Waals surface area contributed by atoms with E-state index in [1.165, 1.54) is 19.3 Å². The smallest absolute Gasteiger partial charge is 0.191 e. The standard InChI is InChI=1S/C20H30N6O.HI/c1-3-21-19(23-15-20(2,27)16-10-6-4-7-11-16)22-14-18-25-24-17-12-8-5-9-13-26(17)18;/h4,6-7,10-11,27H,3,5,8-9,12-15H2,1-2H3,(H2,21,22,23);1H. The highest BCUT2D eigenvalue weighted by molar-refractivity contribution is 14.0. The van der Waals surface area contributed by atoms with Gasteiger partial charge in [0, 0.05) is 19.5 Å². The summed E-state index contributed by atoms with van der Waals surface area (Å²) in [7, 11) is 0. The molecule has 1 aromatic heterocycles. The Morgan fingerprint density at radius 1 is 1.18 bits per heavy atom. The van der Waals surface area contributed by atoms with E-state index in [1.54, 1.807) is 6.92 Å². The molecule has 3 N–H and O–H groups in total. The summed E-state index contributed by atoms with van der Waals surface area (Å²) < 4.78 is 2.21. The van der Waals surface area contributed by atoms with Gasteiger partial charge in [-0.2, -0.15) is 0 Å². The van der Waals surface area contributed by atoms with E-state index in [4.69, 9.17) is 0 Å². The van der Waals surface area contributed by atoms with Crippen LogP contribution in [0.2, 0.25) is 0 Å². The monoisotopic (exact) mass is 498 g/mol. The zero-order valence-electron chi connectivity index (χ0n) is 16.7. The van der Waals surface area contributed by atoms with E-state index < -0.39 is 5.60 Å². The number of aryl methyl sites for hydroxylation is 1. The quantitative estimate of drug-likeness (QED) is 0.324. The van der Waals surface area contributed by atoms with Crippen LogP contribution in [0, 0.1) is 0 Å². The zero-order chi connectivity index (χ0) is 19.1. The van der Waals surface area contributed by atoms with Crippen LogP contribution in [-0.4, -0.2) is 38.9 Å². The van der Waals surface area contributed by atoms with Gasteiger partial charge >= 0.3 is 0 Å². The fourth-order valence-corrected chi connectivity index (χ4v) is 3.31. The van der Waals surface area contributed by atoms with Gasteiger partial charge in [-0.05, 0) is 32.3 Å².